The highest BCUT2D eigenvalue weighted by atomic mass is 35.5. The average molecular weight is 679 g/mol. The molecule has 0 bridgehead atoms. The molecule has 2 amide bonds. The first kappa shape index (κ1) is 32.6. The van der Waals surface area contributed by atoms with Crippen LogP contribution in [0.3, 0.4) is 0 Å². The molecule has 12 heteroatoms. The Hall–Kier alpha value is -3.27. The number of rotatable bonds is 11. The molecule has 0 radical (unpaired) electrons. The molecule has 0 saturated heterocycles. The molecular weight excluding hydrogens is 652 g/mol. The van der Waals surface area contributed by atoms with Crippen LogP contribution >= 0.6 is 46.4 Å². The number of halogens is 4. The van der Waals surface area contributed by atoms with Crippen molar-refractivity contribution in [2.45, 2.75) is 23.9 Å². The number of anilines is 1. The molecule has 0 aromatic heterocycles. The minimum Gasteiger partial charge on any atom is -0.357 e. The van der Waals surface area contributed by atoms with Gasteiger partial charge in [0.1, 0.15) is 12.6 Å². The van der Waals surface area contributed by atoms with Crippen LogP contribution in [0.15, 0.2) is 102 Å². The number of carbonyl (C=O) groups is 2. The summed E-state index contributed by atoms with van der Waals surface area (Å²) in [5.74, 6) is -1.16. The van der Waals surface area contributed by atoms with Crippen LogP contribution in [0, 0.1) is 0 Å². The number of amides is 2. The van der Waals surface area contributed by atoms with Gasteiger partial charge in [0.25, 0.3) is 10.0 Å². The summed E-state index contributed by atoms with van der Waals surface area (Å²) in [5.41, 5.74) is 1.19. The fraction of sp³-hybridized carbons (Fsp3) is 0.161. The Morgan fingerprint density at radius 1 is 0.791 bits per heavy atom. The lowest BCUT2D eigenvalue weighted by Crippen LogP contribution is -2.53. The predicted octanol–water partition coefficient (Wildman–Crippen LogP) is 6.88. The highest BCUT2D eigenvalue weighted by Crippen LogP contribution is 2.34. The summed E-state index contributed by atoms with van der Waals surface area (Å²) in [4.78, 5) is 28.9. The molecule has 0 unspecified atom stereocenters. The van der Waals surface area contributed by atoms with Crippen molar-refractivity contribution in [3.8, 4) is 0 Å². The van der Waals surface area contributed by atoms with E-state index in [2.05, 4.69) is 5.32 Å². The van der Waals surface area contributed by atoms with E-state index in [4.69, 9.17) is 46.4 Å². The van der Waals surface area contributed by atoms with E-state index in [9.17, 15) is 18.0 Å². The Kier molecular flexibility index (Phi) is 11.0. The van der Waals surface area contributed by atoms with Crippen molar-refractivity contribution in [3.05, 3.63) is 128 Å². The maximum absolute atomic E-state index is 14.4. The summed E-state index contributed by atoms with van der Waals surface area (Å²) < 4.78 is 28.9. The Bertz CT molecular complexity index is 1690. The smallest absolute Gasteiger partial charge is 0.264 e. The van der Waals surface area contributed by atoms with Crippen LogP contribution in [0.25, 0.3) is 0 Å². The lowest BCUT2D eigenvalue weighted by Gasteiger charge is -2.34. The maximum Gasteiger partial charge on any atom is 0.264 e. The third-order valence-electron chi connectivity index (χ3n) is 6.69. The van der Waals surface area contributed by atoms with Crippen LogP contribution in [0.4, 0.5) is 5.69 Å². The van der Waals surface area contributed by atoms with Crippen LogP contribution in [0.1, 0.15) is 11.1 Å². The maximum atomic E-state index is 14.4. The number of carbonyl (C=O) groups excluding carboxylic acids is 2. The fourth-order valence-electron chi connectivity index (χ4n) is 4.48. The highest BCUT2D eigenvalue weighted by molar-refractivity contribution is 7.92. The zero-order valence-electron chi connectivity index (χ0n) is 22.9. The van der Waals surface area contributed by atoms with Crippen molar-refractivity contribution in [1.82, 2.24) is 10.2 Å². The molecule has 43 heavy (non-hydrogen) atoms. The molecular formula is C31H27Cl4N3O4S. The highest BCUT2D eigenvalue weighted by Gasteiger charge is 2.35. The third kappa shape index (κ3) is 7.82. The summed E-state index contributed by atoms with van der Waals surface area (Å²) in [5, 5.41) is 3.47. The molecule has 0 fully saturated rings. The molecule has 0 heterocycles. The van der Waals surface area contributed by atoms with Gasteiger partial charge in [-0.25, -0.2) is 8.42 Å². The van der Waals surface area contributed by atoms with Gasteiger partial charge in [-0.1, -0.05) is 101 Å². The van der Waals surface area contributed by atoms with Gasteiger partial charge in [0.15, 0.2) is 0 Å². The van der Waals surface area contributed by atoms with Gasteiger partial charge in [0.05, 0.1) is 15.6 Å². The quantitative estimate of drug-likeness (QED) is 0.187. The standard InChI is InChI=1S/C31H27Cl4N3O4S/c1-36-31(40)29(17-21-9-4-2-5-10-21)37(19-24-25(33)13-8-14-26(24)34)30(39)20-38(28-18-22(32)15-16-27(28)35)43(41,42)23-11-6-3-7-12-23/h2-16,18,29H,17,19-20H2,1H3,(H,36,40)/t29-/m0/s1. The van der Waals surface area contributed by atoms with Gasteiger partial charge < -0.3 is 10.2 Å². The first-order valence-electron chi connectivity index (χ1n) is 13.0. The number of hydrogen-bond donors (Lipinski definition) is 1. The van der Waals surface area contributed by atoms with Gasteiger partial charge in [0, 0.05) is 40.6 Å². The van der Waals surface area contributed by atoms with Crippen LogP contribution in [0.5, 0.6) is 0 Å². The van der Waals surface area contributed by atoms with Crippen molar-refractivity contribution in [1.29, 1.82) is 0 Å². The van der Waals surface area contributed by atoms with E-state index in [1.54, 1.807) is 36.4 Å². The normalized spacial score (nSPS) is 11.9. The Labute approximate surface area is 271 Å². The van der Waals surface area contributed by atoms with E-state index in [-0.39, 0.29) is 43.6 Å². The van der Waals surface area contributed by atoms with Gasteiger partial charge in [-0.05, 0) is 48.0 Å². The molecule has 0 saturated carbocycles. The summed E-state index contributed by atoms with van der Waals surface area (Å²) >= 11 is 25.7. The van der Waals surface area contributed by atoms with Crippen molar-refractivity contribution in [2.24, 2.45) is 0 Å². The fourth-order valence-corrected chi connectivity index (χ4v) is 6.88. The molecule has 4 aromatic rings. The predicted molar refractivity (Wildman–Crippen MR) is 172 cm³/mol. The summed E-state index contributed by atoms with van der Waals surface area (Å²) in [6.07, 6.45) is 0.137. The second-order valence-corrected chi connectivity index (χ2v) is 13.0. The zero-order valence-corrected chi connectivity index (χ0v) is 26.7. The third-order valence-corrected chi connectivity index (χ3v) is 9.73. The molecule has 4 aromatic carbocycles. The second kappa shape index (κ2) is 14.5. The van der Waals surface area contributed by atoms with Crippen molar-refractivity contribution in [3.63, 3.8) is 0 Å². The molecule has 0 spiro atoms. The molecule has 1 N–H and O–H groups in total. The van der Waals surface area contributed by atoms with Crippen LogP contribution in [-0.2, 0) is 32.6 Å². The lowest BCUT2D eigenvalue weighted by molar-refractivity contribution is -0.139. The number of likely N-dealkylation sites (N-methyl/N-ethyl adjacent to an activating group) is 1. The SMILES string of the molecule is CNC(=O)[C@H](Cc1ccccc1)N(Cc1c(Cl)cccc1Cl)C(=O)CN(c1cc(Cl)ccc1Cl)S(=O)(=O)c1ccccc1. The van der Waals surface area contributed by atoms with Gasteiger partial charge >= 0.3 is 0 Å². The van der Waals surface area contributed by atoms with Crippen LogP contribution in [0.2, 0.25) is 20.1 Å². The van der Waals surface area contributed by atoms with E-state index in [1.807, 2.05) is 30.3 Å². The van der Waals surface area contributed by atoms with E-state index < -0.39 is 34.4 Å². The van der Waals surface area contributed by atoms with Crippen LogP contribution < -0.4 is 9.62 Å². The Morgan fingerprint density at radius 2 is 1.40 bits per heavy atom. The summed E-state index contributed by atoms with van der Waals surface area (Å²) in [6, 6.07) is 25.0. The van der Waals surface area contributed by atoms with Gasteiger partial charge in [0.2, 0.25) is 11.8 Å². The molecule has 0 aliphatic rings. The number of nitrogens with zero attached hydrogens (tertiary/aromatic N) is 2. The number of benzene rings is 4. The number of sulfonamides is 1. The minimum absolute atomic E-state index is 0.00153. The van der Waals surface area contributed by atoms with Crippen molar-refractivity contribution in [2.75, 3.05) is 17.9 Å². The van der Waals surface area contributed by atoms with Gasteiger partial charge in [-0.15, -0.1) is 0 Å². The largest absolute Gasteiger partial charge is 0.357 e. The summed E-state index contributed by atoms with van der Waals surface area (Å²) in [6.45, 7) is -0.883. The minimum atomic E-state index is -4.33. The molecule has 4 rings (SSSR count). The molecule has 0 aliphatic carbocycles. The molecule has 7 nitrogen and oxygen atoms in total. The average Bonchev–Trinajstić information content (AvgIpc) is 3.00. The monoisotopic (exact) mass is 677 g/mol. The second-order valence-electron chi connectivity index (χ2n) is 9.46. The van der Waals surface area contributed by atoms with E-state index in [0.717, 1.165) is 9.87 Å². The topological polar surface area (TPSA) is 86.8 Å². The van der Waals surface area contributed by atoms with Crippen molar-refractivity contribution < 1.29 is 18.0 Å². The first-order chi connectivity index (χ1) is 20.5. The molecule has 0 aliphatic heterocycles. The van der Waals surface area contributed by atoms with Gasteiger partial charge in [-0.2, -0.15) is 0 Å². The molecule has 1 atom stereocenters. The number of nitrogens with one attached hydrogen (secondary N) is 1. The van der Waals surface area contributed by atoms with Crippen molar-refractivity contribution >= 4 is 73.9 Å². The number of hydrogen-bond acceptors (Lipinski definition) is 4. The van der Waals surface area contributed by atoms with Gasteiger partial charge in [-0.3, -0.25) is 13.9 Å². The Morgan fingerprint density at radius 3 is 2.00 bits per heavy atom. The Balaban J connectivity index is 1.85. The van der Waals surface area contributed by atoms with Crippen LogP contribution in [-0.4, -0.2) is 44.8 Å². The molecule has 224 valence electrons. The van der Waals surface area contributed by atoms with E-state index in [0.29, 0.717) is 5.56 Å². The van der Waals surface area contributed by atoms with E-state index >= 15 is 0 Å². The summed E-state index contributed by atoms with van der Waals surface area (Å²) in [7, 11) is -2.87. The zero-order chi connectivity index (χ0) is 31.1. The van der Waals surface area contributed by atoms with E-state index in [1.165, 1.54) is 42.3 Å². The lowest BCUT2D eigenvalue weighted by atomic mass is 10.0. The first-order valence-corrected chi connectivity index (χ1v) is 16.0.